The number of carbonyl (C=O) groups is 1. The van der Waals surface area contributed by atoms with Gasteiger partial charge in [-0.15, -0.1) is 11.8 Å². The average Bonchev–Trinajstić information content (AvgIpc) is 3.40. The number of aromatic nitrogens is 2. The topological polar surface area (TPSA) is 67.4 Å². The van der Waals surface area contributed by atoms with Gasteiger partial charge in [0.15, 0.2) is 0 Å². The van der Waals surface area contributed by atoms with Crippen LogP contribution in [0.5, 0.6) is 0 Å². The molecule has 2 fully saturated rings. The predicted octanol–water partition coefficient (Wildman–Crippen LogP) is 2.78. The summed E-state index contributed by atoms with van der Waals surface area (Å²) in [7, 11) is 2.14. The Morgan fingerprint density at radius 1 is 1.24 bits per heavy atom. The van der Waals surface area contributed by atoms with Crippen molar-refractivity contribution in [3.05, 3.63) is 30.1 Å². The zero-order valence-electron chi connectivity index (χ0n) is 17.4. The third kappa shape index (κ3) is 4.78. The molecule has 2 saturated heterocycles. The summed E-state index contributed by atoms with van der Waals surface area (Å²) < 4.78 is 2.27. The minimum absolute atomic E-state index is 0.137. The van der Waals surface area contributed by atoms with Gasteiger partial charge in [0.1, 0.15) is 5.82 Å². The van der Waals surface area contributed by atoms with Crippen molar-refractivity contribution in [1.82, 2.24) is 19.4 Å². The molecule has 2 aliphatic heterocycles. The Hall–Kier alpha value is -1.57. The van der Waals surface area contributed by atoms with Crippen LogP contribution in [-0.2, 0) is 11.8 Å². The Bertz CT molecular complexity index is 824. The first kappa shape index (κ1) is 20.7. The lowest BCUT2D eigenvalue weighted by molar-refractivity contribution is -0.131. The number of unbranched alkanes of at least 4 members (excludes halogenated alkanes) is 1. The van der Waals surface area contributed by atoms with Crippen molar-refractivity contribution in [2.45, 2.75) is 44.1 Å². The number of nitrogens with zero attached hydrogens (tertiary/aromatic N) is 4. The van der Waals surface area contributed by atoms with Crippen LogP contribution >= 0.6 is 11.8 Å². The summed E-state index contributed by atoms with van der Waals surface area (Å²) in [5.74, 6) is 3.78. The number of thioether (sulfide) groups is 1. The Morgan fingerprint density at radius 2 is 2.03 bits per heavy atom. The maximum atomic E-state index is 12.3. The van der Waals surface area contributed by atoms with Crippen LogP contribution in [0, 0.1) is 0 Å². The highest BCUT2D eigenvalue weighted by atomic mass is 32.2. The minimum Gasteiger partial charge on any atom is -0.331 e. The lowest BCUT2D eigenvalue weighted by Crippen LogP contribution is -2.42. The molecule has 4 rings (SSSR count). The molecule has 7 heteroatoms. The highest BCUT2D eigenvalue weighted by molar-refractivity contribution is 7.99. The van der Waals surface area contributed by atoms with Gasteiger partial charge in [-0.05, 0) is 57.5 Å². The van der Waals surface area contributed by atoms with E-state index in [0.717, 1.165) is 62.6 Å². The van der Waals surface area contributed by atoms with Gasteiger partial charge in [-0.1, -0.05) is 18.6 Å². The number of rotatable bonds is 7. The number of aryl methyl sites for hydroxylation is 1. The van der Waals surface area contributed by atoms with Gasteiger partial charge in [-0.2, -0.15) is 0 Å². The van der Waals surface area contributed by atoms with E-state index >= 15 is 0 Å². The second-order valence-electron chi connectivity index (χ2n) is 8.37. The maximum Gasteiger partial charge on any atom is 0.240 e. The summed E-state index contributed by atoms with van der Waals surface area (Å²) in [5.41, 5.74) is 8.45. The van der Waals surface area contributed by atoms with Gasteiger partial charge < -0.3 is 20.1 Å². The van der Waals surface area contributed by atoms with Gasteiger partial charge in [0.2, 0.25) is 5.91 Å². The van der Waals surface area contributed by atoms with E-state index in [1.54, 1.807) is 0 Å². The molecular formula is C22H33N5OS. The van der Waals surface area contributed by atoms with Crippen LogP contribution in [0.4, 0.5) is 0 Å². The van der Waals surface area contributed by atoms with Crippen molar-refractivity contribution in [1.29, 1.82) is 0 Å². The molecule has 2 aliphatic rings. The van der Waals surface area contributed by atoms with Crippen LogP contribution in [0.3, 0.4) is 0 Å². The van der Waals surface area contributed by atoms with Gasteiger partial charge in [0, 0.05) is 25.3 Å². The normalized spacial score (nSPS) is 19.9. The van der Waals surface area contributed by atoms with E-state index in [1.807, 2.05) is 16.7 Å². The van der Waals surface area contributed by atoms with Crippen molar-refractivity contribution in [3.8, 4) is 0 Å². The number of hydrogen-bond donors (Lipinski definition) is 1. The van der Waals surface area contributed by atoms with E-state index in [2.05, 4.69) is 40.8 Å². The summed E-state index contributed by atoms with van der Waals surface area (Å²) in [4.78, 5) is 21.6. The van der Waals surface area contributed by atoms with Gasteiger partial charge >= 0.3 is 0 Å². The van der Waals surface area contributed by atoms with Gasteiger partial charge in [-0.3, -0.25) is 4.79 Å². The first-order valence-corrected chi connectivity index (χ1v) is 12.0. The molecule has 0 spiro atoms. The molecule has 1 amide bonds. The number of imidazole rings is 1. The Morgan fingerprint density at radius 3 is 2.76 bits per heavy atom. The number of likely N-dealkylation sites (tertiary alicyclic amines) is 1. The van der Waals surface area contributed by atoms with E-state index in [4.69, 9.17) is 10.7 Å². The van der Waals surface area contributed by atoms with Gasteiger partial charge in [-0.25, -0.2) is 4.98 Å². The molecule has 1 atom stereocenters. The number of hydrogen-bond acceptors (Lipinski definition) is 5. The van der Waals surface area contributed by atoms with Crippen molar-refractivity contribution >= 4 is 28.7 Å². The first-order valence-electron chi connectivity index (χ1n) is 10.9. The predicted molar refractivity (Wildman–Crippen MR) is 120 cm³/mol. The fourth-order valence-corrected chi connectivity index (χ4v) is 5.54. The molecule has 2 N–H and O–H groups in total. The molecule has 0 aliphatic carbocycles. The molecular weight excluding hydrogens is 382 g/mol. The monoisotopic (exact) mass is 415 g/mol. The molecule has 3 heterocycles. The van der Waals surface area contributed by atoms with E-state index < -0.39 is 0 Å². The molecule has 2 aromatic rings. The Kier molecular flexibility index (Phi) is 6.77. The molecule has 0 saturated carbocycles. The molecule has 6 nitrogen and oxygen atoms in total. The van der Waals surface area contributed by atoms with Crippen molar-refractivity contribution in [3.63, 3.8) is 0 Å². The van der Waals surface area contributed by atoms with Crippen molar-refractivity contribution in [2.24, 2.45) is 12.8 Å². The summed E-state index contributed by atoms with van der Waals surface area (Å²) >= 11 is 1.81. The number of amides is 1. The molecule has 0 radical (unpaired) electrons. The second kappa shape index (κ2) is 9.49. The highest BCUT2D eigenvalue weighted by Gasteiger charge is 2.25. The van der Waals surface area contributed by atoms with E-state index in [1.165, 1.54) is 24.2 Å². The van der Waals surface area contributed by atoms with Crippen LogP contribution in [0.2, 0.25) is 0 Å². The lowest BCUT2D eigenvalue weighted by atomic mass is 9.95. The quantitative estimate of drug-likeness (QED) is 0.705. The minimum atomic E-state index is -0.322. The SMILES string of the molecule is Cn1c(C2CCN(CCCCC(N)C(=O)N3CCSC3)CC2)nc2ccccc21. The fraction of sp³-hybridized carbons (Fsp3) is 0.636. The molecule has 29 heavy (non-hydrogen) atoms. The molecule has 158 valence electrons. The Labute approximate surface area is 177 Å². The van der Waals surface area contributed by atoms with Crippen molar-refractivity contribution in [2.75, 3.05) is 37.8 Å². The largest absolute Gasteiger partial charge is 0.331 e. The molecule has 1 aromatic heterocycles. The van der Waals surface area contributed by atoms with Crippen LogP contribution < -0.4 is 5.73 Å². The third-order valence-electron chi connectivity index (χ3n) is 6.40. The maximum absolute atomic E-state index is 12.3. The number of carbonyl (C=O) groups excluding carboxylic acids is 1. The third-order valence-corrected chi connectivity index (χ3v) is 7.36. The second-order valence-corrected chi connectivity index (χ2v) is 9.45. The number of fused-ring (bicyclic) bond motifs is 1. The average molecular weight is 416 g/mol. The summed E-state index contributed by atoms with van der Waals surface area (Å²) in [6.45, 7) is 4.22. The highest BCUT2D eigenvalue weighted by Crippen LogP contribution is 2.29. The van der Waals surface area contributed by atoms with Gasteiger partial charge in [0.05, 0.1) is 23.0 Å². The molecule has 1 aromatic carbocycles. The first-order chi connectivity index (χ1) is 14.1. The standard InChI is InChI=1S/C22H33N5OS/c1-25-20-8-3-2-7-19(20)24-21(25)17-9-12-26(13-10-17)11-5-4-6-18(23)22(28)27-14-15-29-16-27/h2-3,7-8,17-18H,4-6,9-16,23H2,1H3. The van der Waals surface area contributed by atoms with Crippen LogP contribution in [0.25, 0.3) is 11.0 Å². The number of benzene rings is 1. The zero-order chi connectivity index (χ0) is 20.2. The van der Waals surface area contributed by atoms with Crippen LogP contribution in [0.15, 0.2) is 24.3 Å². The summed E-state index contributed by atoms with van der Waals surface area (Å²) in [6, 6.07) is 8.08. The fourth-order valence-electron chi connectivity index (χ4n) is 4.59. The van der Waals surface area contributed by atoms with Crippen LogP contribution in [0.1, 0.15) is 43.8 Å². The zero-order valence-corrected chi connectivity index (χ0v) is 18.2. The Balaban J connectivity index is 1.18. The lowest BCUT2D eigenvalue weighted by Gasteiger charge is -2.31. The molecule has 1 unspecified atom stereocenters. The van der Waals surface area contributed by atoms with Gasteiger partial charge in [0.25, 0.3) is 0 Å². The number of para-hydroxylation sites is 2. The van der Waals surface area contributed by atoms with E-state index in [9.17, 15) is 4.79 Å². The van der Waals surface area contributed by atoms with Crippen LogP contribution in [-0.4, -0.2) is 69.1 Å². The molecule has 0 bridgehead atoms. The summed E-state index contributed by atoms with van der Waals surface area (Å²) in [5, 5.41) is 0. The van der Waals surface area contributed by atoms with Crippen molar-refractivity contribution < 1.29 is 4.79 Å². The number of nitrogens with two attached hydrogens (primary N) is 1. The van der Waals surface area contributed by atoms with E-state index in [-0.39, 0.29) is 11.9 Å². The number of piperidine rings is 1. The van der Waals surface area contributed by atoms with E-state index in [0.29, 0.717) is 5.92 Å². The summed E-state index contributed by atoms with van der Waals surface area (Å²) in [6.07, 6.45) is 5.28. The smallest absolute Gasteiger partial charge is 0.240 e.